The van der Waals surface area contributed by atoms with Crippen LogP contribution in [0, 0.1) is 11.8 Å². The van der Waals surface area contributed by atoms with Crippen molar-refractivity contribution in [2.45, 2.75) is 25.7 Å². The van der Waals surface area contributed by atoms with E-state index in [2.05, 4.69) is 16.5 Å². The van der Waals surface area contributed by atoms with Crippen molar-refractivity contribution in [1.29, 1.82) is 0 Å². The molecule has 2 fully saturated rings. The van der Waals surface area contributed by atoms with E-state index in [1.807, 2.05) is 25.1 Å². The molecular formula is C20H28N4O3S. The van der Waals surface area contributed by atoms with Crippen molar-refractivity contribution in [2.24, 2.45) is 17.0 Å². The number of aromatic amines is 1. The largest absolute Gasteiger partial charge is 0.361 e. The Labute approximate surface area is 165 Å². The number of carbonyl (C=O) groups excluding carboxylic acids is 1. The molecule has 0 spiro atoms. The number of H-pyrrole nitrogens is 1. The summed E-state index contributed by atoms with van der Waals surface area (Å²) in [7, 11) is -3.54. The van der Waals surface area contributed by atoms with Gasteiger partial charge >= 0.3 is 0 Å². The number of likely N-dealkylation sites (tertiary alicyclic amines) is 1. The number of piperidine rings is 1. The van der Waals surface area contributed by atoms with Gasteiger partial charge in [-0.15, -0.1) is 0 Å². The van der Waals surface area contributed by atoms with E-state index in [4.69, 9.17) is 5.14 Å². The van der Waals surface area contributed by atoms with E-state index in [1.165, 1.54) is 5.56 Å². The highest BCUT2D eigenvalue weighted by atomic mass is 32.2. The van der Waals surface area contributed by atoms with Gasteiger partial charge in [0.25, 0.3) is 5.91 Å². The highest BCUT2D eigenvalue weighted by Crippen LogP contribution is 2.33. The summed E-state index contributed by atoms with van der Waals surface area (Å²) in [6.45, 7) is 5.02. The number of hydrogen-bond acceptors (Lipinski definition) is 4. The summed E-state index contributed by atoms with van der Waals surface area (Å²) in [6.07, 6.45) is 4.28. The second-order valence-electron chi connectivity index (χ2n) is 8.31. The minimum atomic E-state index is -3.54. The average Bonchev–Trinajstić information content (AvgIpc) is 3.24. The number of amides is 1. The molecule has 2 aliphatic heterocycles. The van der Waals surface area contributed by atoms with Crippen LogP contribution in [0.1, 0.15) is 41.6 Å². The van der Waals surface area contributed by atoms with Crippen LogP contribution in [0.5, 0.6) is 0 Å². The SMILES string of the molecule is C[C@@H]1CN(C(=O)c2ccc3[nH]cc(C4CCNCC4)c3c2)C[C@H]1CS(N)(=O)=O. The Hall–Kier alpha value is -1.90. The quantitative estimate of drug-likeness (QED) is 0.720. The molecule has 0 radical (unpaired) electrons. The van der Waals surface area contributed by atoms with Crippen molar-refractivity contribution >= 4 is 26.8 Å². The molecule has 1 amide bonds. The maximum absolute atomic E-state index is 13.1. The fourth-order valence-corrected chi connectivity index (χ4v) is 5.67. The number of hydrogen-bond donors (Lipinski definition) is 3. The molecule has 0 saturated carbocycles. The van der Waals surface area contributed by atoms with E-state index in [1.54, 1.807) is 4.90 Å². The molecule has 2 aliphatic rings. The molecule has 28 heavy (non-hydrogen) atoms. The van der Waals surface area contributed by atoms with E-state index in [0.717, 1.165) is 36.8 Å². The summed E-state index contributed by atoms with van der Waals surface area (Å²) in [4.78, 5) is 18.2. The van der Waals surface area contributed by atoms with E-state index in [0.29, 0.717) is 24.6 Å². The number of benzene rings is 1. The first kappa shape index (κ1) is 19.4. The van der Waals surface area contributed by atoms with Gasteiger partial charge in [0.05, 0.1) is 5.75 Å². The predicted octanol–water partition coefficient (Wildman–Crippen LogP) is 1.63. The molecule has 2 aromatic rings. The molecule has 7 nitrogen and oxygen atoms in total. The number of nitrogens with zero attached hydrogens (tertiary/aromatic N) is 1. The van der Waals surface area contributed by atoms with E-state index in [-0.39, 0.29) is 23.5 Å². The van der Waals surface area contributed by atoms with Crippen molar-refractivity contribution in [3.05, 3.63) is 35.5 Å². The van der Waals surface area contributed by atoms with Crippen LogP contribution in [0.25, 0.3) is 10.9 Å². The molecule has 2 atom stereocenters. The highest BCUT2D eigenvalue weighted by Gasteiger charge is 2.35. The fourth-order valence-electron chi connectivity index (χ4n) is 4.64. The molecule has 2 saturated heterocycles. The predicted molar refractivity (Wildman–Crippen MR) is 110 cm³/mol. The Morgan fingerprint density at radius 2 is 2.00 bits per heavy atom. The van der Waals surface area contributed by atoms with Gasteiger partial charge in [0.1, 0.15) is 0 Å². The summed E-state index contributed by atoms with van der Waals surface area (Å²) in [5.41, 5.74) is 2.99. The van der Waals surface area contributed by atoms with Gasteiger partial charge in [-0.05, 0) is 67.4 Å². The molecule has 4 N–H and O–H groups in total. The molecule has 1 aromatic carbocycles. The van der Waals surface area contributed by atoms with Crippen LogP contribution in [0.2, 0.25) is 0 Å². The van der Waals surface area contributed by atoms with Gasteiger partial charge < -0.3 is 15.2 Å². The second-order valence-corrected chi connectivity index (χ2v) is 9.96. The zero-order valence-corrected chi connectivity index (χ0v) is 17.0. The highest BCUT2D eigenvalue weighted by molar-refractivity contribution is 7.89. The summed E-state index contributed by atoms with van der Waals surface area (Å²) in [5, 5.41) is 9.72. The van der Waals surface area contributed by atoms with Crippen LogP contribution < -0.4 is 10.5 Å². The molecule has 0 aliphatic carbocycles. The van der Waals surface area contributed by atoms with Gasteiger partial charge in [-0.2, -0.15) is 0 Å². The Bertz CT molecular complexity index is 978. The minimum absolute atomic E-state index is 0.0388. The molecule has 4 rings (SSSR count). The number of primary sulfonamides is 1. The second kappa shape index (κ2) is 7.50. The van der Waals surface area contributed by atoms with Gasteiger partial charge in [-0.1, -0.05) is 6.92 Å². The van der Waals surface area contributed by atoms with Gasteiger partial charge in [0.2, 0.25) is 10.0 Å². The summed E-state index contributed by atoms with van der Waals surface area (Å²) < 4.78 is 22.9. The molecule has 3 heterocycles. The van der Waals surface area contributed by atoms with Crippen molar-refractivity contribution < 1.29 is 13.2 Å². The number of aromatic nitrogens is 1. The Morgan fingerprint density at radius 1 is 1.25 bits per heavy atom. The lowest BCUT2D eigenvalue weighted by molar-refractivity contribution is 0.0785. The third-order valence-electron chi connectivity index (χ3n) is 6.24. The van der Waals surface area contributed by atoms with Crippen molar-refractivity contribution in [2.75, 3.05) is 31.9 Å². The minimum Gasteiger partial charge on any atom is -0.361 e. The van der Waals surface area contributed by atoms with Gasteiger partial charge in [-0.3, -0.25) is 4.79 Å². The van der Waals surface area contributed by atoms with Crippen LogP contribution in [-0.2, 0) is 10.0 Å². The first-order chi connectivity index (χ1) is 13.3. The first-order valence-corrected chi connectivity index (χ1v) is 11.6. The Kier molecular flexibility index (Phi) is 5.20. The van der Waals surface area contributed by atoms with Crippen LogP contribution in [0.4, 0.5) is 0 Å². The molecule has 0 unspecified atom stereocenters. The Morgan fingerprint density at radius 3 is 2.71 bits per heavy atom. The van der Waals surface area contributed by atoms with Crippen molar-refractivity contribution in [3.63, 3.8) is 0 Å². The number of rotatable bonds is 4. The van der Waals surface area contributed by atoms with Crippen LogP contribution in [0.3, 0.4) is 0 Å². The molecule has 0 bridgehead atoms. The number of carbonyl (C=O) groups is 1. The summed E-state index contributed by atoms with van der Waals surface area (Å²) in [5.74, 6) is 0.396. The summed E-state index contributed by atoms with van der Waals surface area (Å²) >= 11 is 0. The zero-order valence-electron chi connectivity index (χ0n) is 16.1. The first-order valence-electron chi connectivity index (χ1n) is 9.93. The number of sulfonamides is 1. The van der Waals surface area contributed by atoms with Gasteiger partial charge in [0, 0.05) is 35.8 Å². The smallest absolute Gasteiger partial charge is 0.253 e. The monoisotopic (exact) mass is 404 g/mol. The lowest BCUT2D eigenvalue weighted by Crippen LogP contribution is -2.30. The Balaban J connectivity index is 1.56. The third-order valence-corrected chi connectivity index (χ3v) is 7.13. The average molecular weight is 405 g/mol. The normalized spacial score (nSPS) is 24.1. The summed E-state index contributed by atoms with van der Waals surface area (Å²) in [6, 6.07) is 5.81. The maximum Gasteiger partial charge on any atom is 0.253 e. The third kappa shape index (κ3) is 3.94. The lowest BCUT2D eigenvalue weighted by atomic mass is 9.89. The number of nitrogens with two attached hydrogens (primary N) is 1. The van der Waals surface area contributed by atoms with Crippen molar-refractivity contribution in [1.82, 2.24) is 15.2 Å². The van der Waals surface area contributed by atoms with E-state index >= 15 is 0 Å². The topological polar surface area (TPSA) is 108 Å². The molecule has 8 heteroatoms. The lowest BCUT2D eigenvalue weighted by Gasteiger charge is -2.22. The zero-order chi connectivity index (χ0) is 19.9. The molecular weight excluding hydrogens is 376 g/mol. The fraction of sp³-hybridized carbons (Fsp3) is 0.550. The standard InChI is InChI=1S/C20H28N4O3S/c1-13-10-24(11-16(13)12-28(21,26)27)20(25)15-2-3-19-17(8-15)18(9-23-19)14-4-6-22-7-5-14/h2-3,8-9,13-14,16,22-23H,4-7,10-12H2,1H3,(H2,21,26,27)/t13-,16+/m1/s1. The van der Waals surface area contributed by atoms with Crippen LogP contribution in [-0.4, -0.2) is 56.1 Å². The maximum atomic E-state index is 13.1. The number of fused-ring (bicyclic) bond motifs is 1. The van der Waals surface area contributed by atoms with Crippen molar-refractivity contribution in [3.8, 4) is 0 Å². The van der Waals surface area contributed by atoms with E-state index < -0.39 is 10.0 Å². The van der Waals surface area contributed by atoms with Crippen LogP contribution in [0.15, 0.2) is 24.4 Å². The van der Waals surface area contributed by atoms with Gasteiger partial charge in [-0.25, -0.2) is 13.6 Å². The van der Waals surface area contributed by atoms with Crippen LogP contribution >= 0.6 is 0 Å². The molecule has 1 aromatic heterocycles. The number of nitrogens with one attached hydrogen (secondary N) is 2. The van der Waals surface area contributed by atoms with Gasteiger partial charge in [0.15, 0.2) is 0 Å². The molecule has 152 valence electrons. The van der Waals surface area contributed by atoms with E-state index in [9.17, 15) is 13.2 Å².